The van der Waals surface area contributed by atoms with Crippen LogP contribution in [0.15, 0.2) is 30.3 Å². The Hall–Kier alpha value is -2.37. The minimum Gasteiger partial charge on any atom is -0.355 e. The van der Waals surface area contributed by atoms with E-state index in [1.54, 1.807) is 13.8 Å². The molecule has 0 saturated carbocycles. The maximum Gasteiger partial charge on any atom is 0.242 e. The van der Waals surface area contributed by atoms with Gasteiger partial charge in [-0.15, -0.1) is 0 Å². The predicted molar refractivity (Wildman–Crippen MR) is 79.4 cm³/mol. The van der Waals surface area contributed by atoms with Crippen LogP contribution in [0, 0.1) is 0 Å². The van der Waals surface area contributed by atoms with E-state index in [4.69, 9.17) is 0 Å². The molecule has 3 amide bonds. The van der Waals surface area contributed by atoms with E-state index in [0.29, 0.717) is 6.54 Å². The molecule has 0 saturated heterocycles. The first-order chi connectivity index (χ1) is 10.0. The number of amides is 3. The lowest BCUT2D eigenvalue weighted by atomic mass is 10.1. The lowest BCUT2D eigenvalue weighted by Crippen LogP contribution is -2.48. The van der Waals surface area contributed by atoms with Crippen molar-refractivity contribution in [2.75, 3.05) is 13.1 Å². The maximum absolute atomic E-state index is 11.7. The van der Waals surface area contributed by atoms with E-state index >= 15 is 0 Å². The Balaban J connectivity index is 2.29. The van der Waals surface area contributed by atoms with Gasteiger partial charge in [0.25, 0.3) is 0 Å². The zero-order valence-electron chi connectivity index (χ0n) is 12.3. The molecule has 0 spiro atoms. The molecule has 6 heteroatoms. The molecule has 0 aliphatic rings. The molecule has 0 aliphatic carbocycles. The quantitative estimate of drug-likeness (QED) is 0.660. The smallest absolute Gasteiger partial charge is 0.242 e. The Morgan fingerprint density at radius 3 is 2.33 bits per heavy atom. The molecule has 21 heavy (non-hydrogen) atoms. The second-order valence-electron chi connectivity index (χ2n) is 4.62. The molecule has 0 fully saturated rings. The van der Waals surface area contributed by atoms with E-state index in [0.717, 1.165) is 5.56 Å². The number of benzene rings is 1. The standard InChI is InChI=1S/C15H21N3O3/c1-3-16-15(21)11(2)18-14(20)10-17-13(19)9-12-7-5-4-6-8-12/h4-8,11H,3,9-10H2,1-2H3,(H,16,21)(H,17,19)(H,18,20)/t11-/m0/s1. The summed E-state index contributed by atoms with van der Waals surface area (Å²) in [6.45, 7) is 3.76. The van der Waals surface area contributed by atoms with Gasteiger partial charge in [-0.25, -0.2) is 0 Å². The van der Waals surface area contributed by atoms with Gasteiger partial charge in [0.1, 0.15) is 6.04 Å². The summed E-state index contributed by atoms with van der Waals surface area (Å²) < 4.78 is 0. The van der Waals surface area contributed by atoms with Crippen LogP contribution in [-0.4, -0.2) is 36.9 Å². The highest BCUT2D eigenvalue weighted by atomic mass is 16.2. The molecular weight excluding hydrogens is 270 g/mol. The summed E-state index contributed by atoms with van der Waals surface area (Å²) >= 11 is 0. The minimum absolute atomic E-state index is 0.143. The third-order valence-corrected chi connectivity index (χ3v) is 2.78. The molecule has 0 aliphatic heterocycles. The molecule has 0 heterocycles. The molecule has 0 unspecified atom stereocenters. The highest BCUT2D eigenvalue weighted by Crippen LogP contribution is 1.98. The molecular formula is C15H21N3O3. The number of hydrogen-bond donors (Lipinski definition) is 3. The fourth-order valence-electron chi connectivity index (χ4n) is 1.71. The van der Waals surface area contributed by atoms with Crippen LogP contribution in [0.2, 0.25) is 0 Å². The largest absolute Gasteiger partial charge is 0.355 e. The van der Waals surface area contributed by atoms with Gasteiger partial charge < -0.3 is 16.0 Å². The van der Waals surface area contributed by atoms with Crippen molar-refractivity contribution < 1.29 is 14.4 Å². The van der Waals surface area contributed by atoms with Gasteiger partial charge in [-0.2, -0.15) is 0 Å². The molecule has 3 N–H and O–H groups in total. The summed E-state index contributed by atoms with van der Waals surface area (Å²) in [6, 6.07) is 8.64. The molecule has 1 rings (SSSR count). The Morgan fingerprint density at radius 2 is 1.71 bits per heavy atom. The van der Waals surface area contributed by atoms with E-state index < -0.39 is 11.9 Å². The minimum atomic E-state index is -0.622. The van der Waals surface area contributed by atoms with E-state index in [2.05, 4.69) is 16.0 Å². The molecule has 0 bridgehead atoms. The van der Waals surface area contributed by atoms with Gasteiger partial charge >= 0.3 is 0 Å². The van der Waals surface area contributed by atoms with Crippen LogP contribution in [0.1, 0.15) is 19.4 Å². The Kier molecular flexibility index (Phi) is 6.94. The number of likely N-dealkylation sites (N-methyl/N-ethyl adjacent to an activating group) is 1. The fourth-order valence-corrected chi connectivity index (χ4v) is 1.71. The van der Waals surface area contributed by atoms with Crippen LogP contribution in [0.3, 0.4) is 0 Å². The highest BCUT2D eigenvalue weighted by Gasteiger charge is 2.14. The molecule has 6 nitrogen and oxygen atoms in total. The summed E-state index contributed by atoms with van der Waals surface area (Å²) in [5.74, 6) is -0.876. The third-order valence-electron chi connectivity index (χ3n) is 2.78. The Bertz CT molecular complexity index is 488. The summed E-state index contributed by atoms with van der Waals surface area (Å²) in [7, 11) is 0. The first-order valence-electron chi connectivity index (χ1n) is 6.90. The van der Waals surface area contributed by atoms with Crippen molar-refractivity contribution in [1.29, 1.82) is 0 Å². The van der Waals surface area contributed by atoms with Gasteiger partial charge in [-0.1, -0.05) is 30.3 Å². The van der Waals surface area contributed by atoms with Crippen LogP contribution >= 0.6 is 0 Å². The monoisotopic (exact) mass is 291 g/mol. The summed E-state index contributed by atoms with van der Waals surface area (Å²) in [5.41, 5.74) is 0.881. The number of rotatable bonds is 7. The van der Waals surface area contributed by atoms with E-state index in [-0.39, 0.29) is 24.8 Å². The van der Waals surface area contributed by atoms with Crippen molar-refractivity contribution in [3.05, 3.63) is 35.9 Å². The van der Waals surface area contributed by atoms with Gasteiger partial charge in [-0.3, -0.25) is 14.4 Å². The van der Waals surface area contributed by atoms with Crippen LogP contribution < -0.4 is 16.0 Å². The average Bonchev–Trinajstić information content (AvgIpc) is 2.46. The van der Waals surface area contributed by atoms with Crippen LogP contribution in [-0.2, 0) is 20.8 Å². The van der Waals surface area contributed by atoms with Crippen molar-refractivity contribution in [2.24, 2.45) is 0 Å². The van der Waals surface area contributed by atoms with Gasteiger partial charge in [0.05, 0.1) is 13.0 Å². The molecule has 114 valence electrons. The summed E-state index contributed by atoms with van der Waals surface area (Å²) in [6.07, 6.45) is 0.222. The molecule has 0 aromatic heterocycles. The lowest BCUT2D eigenvalue weighted by Gasteiger charge is -2.13. The number of hydrogen-bond acceptors (Lipinski definition) is 3. The summed E-state index contributed by atoms with van der Waals surface area (Å²) in [4.78, 5) is 34.7. The number of carbonyl (C=O) groups excluding carboxylic acids is 3. The normalized spacial score (nSPS) is 11.3. The third kappa shape index (κ3) is 6.56. The Morgan fingerprint density at radius 1 is 1.05 bits per heavy atom. The molecule has 0 radical (unpaired) electrons. The van der Waals surface area contributed by atoms with E-state index in [9.17, 15) is 14.4 Å². The van der Waals surface area contributed by atoms with Crippen LogP contribution in [0.25, 0.3) is 0 Å². The SMILES string of the molecule is CCNC(=O)[C@H](C)NC(=O)CNC(=O)Cc1ccccc1. The maximum atomic E-state index is 11.7. The predicted octanol–water partition coefficient (Wildman–Crippen LogP) is -0.0139. The van der Waals surface area contributed by atoms with Crippen molar-refractivity contribution in [2.45, 2.75) is 26.3 Å². The average molecular weight is 291 g/mol. The number of nitrogens with one attached hydrogen (secondary N) is 3. The van der Waals surface area contributed by atoms with Crippen LogP contribution in [0.4, 0.5) is 0 Å². The van der Waals surface area contributed by atoms with Gasteiger partial charge in [0.15, 0.2) is 0 Å². The zero-order valence-corrected chi connectivity index (χ0v) is 12.3. The molecule has 1 aromatic rings. The van der Waals surface area contributed by atoms with E-state index in [1.807, 2.05) is 30.3 Å². The molecule has 1 atom stereocenters. The topological polar surface area (TPSA) is 87.3 Å². The van der Waals surface area contributed by atoms with Crippen molar-refractivity contribution in [3.8, 4) is 0 Å². The van der Waals surface area contributed by atoms with Crippen LogP contribution in [0.5, 0.6) is 0 Å². The Labute approximate surface area is 124 Å². The first kappa shape index (κ1) is 16.7. The van der Waals surface area contributed by atoms with Gasteiger partial charge in [0, 0.05) is 6.54 Å². The zero-order chi connectivity index (χ0) is 15.7. The fraction of sp³-hybridized carbons (Fsp3) is 0.400. The van der Waals surface area contributed by atoms with Crippen molar-refractivity contribution in [3.63, 3.8) is 0 Å². The van der Waals surface area contributed by atoms with Gasteiger partial charge in [-0.05, 0) is 19.4 Å². The number of carbonyl (C=O) groups is 3. The second-order valence-corrected chi connectivity index (χ2v) is 4.62. The van der Waals surface area contributed by atoms with Crippen molar-refractivity contribution in [1.82, 2.24) is 16.0 Å². The van der Waals surface area contributed by atoms with Crippen molar-refractivity contribution >= 4 is 17.7 Å². The first-order valence-corrected chi connectivity index (χ1v) is 6.90. The lowest BCUT2D eigenvalue weighted by molar-refractivity contribution is -0.129. The second kappa shape index (κ2) is 8.73. The highest BCUT2D eigenvalue weighted by molar-refractivity contribution is 5.90. The van der Waals surface area contributed by atoms with E-state index in [1.165, 1.54) is 0 Å². The van der Waals surface area contributed by atoms with Gasteiger partial charge in [0.2, 0.25) is 17.7 Å². The molecule has 1 aromatic carbocycles. The summed E-state index contributed by atoms with van der Waals surface area (Å²) in [5, 5.41) is 7.65.